The molecule has 2 aliphatic heterocycles. The van der Waals surface area contributed by atoms with E-state index in [1.165, 1.54) is 157 Å². The Hall–Kier alpha value is -11.0. The molecule has 19 rings (SSSR count). The highest BCUT2D eigenvalue weighted by molar-refractivity contribution is 7.26. The maximum absolute atomic E-state index is 2.71. The van der Waals surface area contributed by atoms with Crippen molar-refractivity contribution < 1.29 is 0 Å². The summed E-state index contributed by atoms with van der Waals surface area (Å²) in [7, 11) is 0. The Labute approximate surface area is 513 Å². The van der Waals surface area contributed by atoms with E-state index in [1.807, 2.05) is 11.3 Å². The SMILES string of the molecule is c1ccc(-c2ccc(N3c4cc5c6ccccc6c6ccccc6c5cc4B4c5cc6c7ccccc7c7ccccc7c6cc5N(c5ccc(-c6ccccc6)cc5-c5ccccc5)c5c4c3cc3c5sc4ccccc43)c(-c3ccccc3)c2)cc1. The Kier molecular flexibility index (Phi) is 10.8. The number of thiophene rings is 1. The van der Waals surface area contributed by atoms with Crippen molar-refractivity contribution in [2.45, 2.75) is 0 Å². The molecular formula is C84H51BN2S. The number of fused-ring (bicyclic) bond motifs is 20. The van der Waals surface area contributed by atoms with Gasteiger partial charge in [0.2, 0.25) is 0 Å². The molecule has 0 saturated carbocycles. The minimum atomic E-state index is -0.200. The third-order valence-corrected chi connectivity index (χ3v) is 20.4. The molecule has 1 aromatic heterocycles. The van der Waals surface area contributed by atoms with Crippen LogP contribution in [-0.4, -0.2) is 6.71 Å². The molecule has 2 nitrogen and oxygen atoms in total. The molecule has 0 bridgehead atoms. The van der Waals surface area contributed by atoms with Crippen LogP contribution in [0.3, 0.4) is 0 Å². The van der Waals surface area contributed by atoms with Gasteiger partial charge in [0.15, 0.2) is 0 Å². The molecule has 0 radical (unpaired) electrons. The van der Waals surface area contributed by atoms with Crippen LogP contribution in [0, 0.1) is 0 Å². The first-order chi connectivity index (χ1) is 43.7. The van der Waals surface area contributed by atoms with Crippen molar-refractivity contribution >= 4 is 153 Å². The van der Waals surface area contributed by atoms with Gasteiger partial charge in [-0.05, 0) is 163 Å². The third-order valence-electron chi connectivity index (χ3n) is 19.2. The molecule has 0 saturated heterocycles. The van der Waals surface area contributed by atoms with E-state index in [1.54, 1.807) is 0 Å². The van der Waals surface area contributed by atoms with Crippen LogP contribution in [0.25, 0.3) is 129 Å². The van der Waals surface area contributed by atoms with E-state index in [0.29, 0.717) is 0 Å². The zero-order chi connectivity index (χ0) is 57.6. The van der Waals surface area contributed by atoms with Gasteiger partial charge in [-0.1, -0.05) is 261 Å². The summed E-state index contributed by atoms with van der Waals surface area (Å²) >= 11 is 1.93. The van der Waals surface area contributed by atoms with E-state index in [-0.39, 0.29) is 6.71 Å². The summed E-state index contributed by atoms with van der Waals surface area (Å²) in [6, 6.07) is 117. The molecule has 406 valence electrons. The van der Waals surface area contributed by atoms with Crippen LogP contribution >= 0.6 is 11.3 Å². The first-order valence-corrected chi connectivity index (χ1v) is 31.3. The third kappa shape index (κ3) is 7.24. The Morgan fingerprint density at radius 2 is 0.568 bits per heavy atom. The molecule has 3 heterocycles. The topological polar surface area (TPSA) is 6.48 Å². The van der Waals surface area contributed by atoms with Gasteiger partial charge in [-0.25, -0.2) is 0 Å². The van der Waals surface area contributed by atoms with E-state index < -0.39 is 0 Å². The number of rotatable bonds is 6. The summed E-state index contributed by atoms with van der Waals surface area (Å²) < 4.78 is 2.54. The molecular weight excluding hydrogens is 1080 g/mol. The average Bonchev–Trinajstić information content (AvgIpc) is 0.999. The zero-order valence-corrected chi connectivity index (χ0v) is 48.6. The monoisotopic (exact) mass is 1130 g/mol. The van der Waals surface area contributed by atoms with Crippen molar-refractivity contribution in [3.05, 3.63) is 309 Å². The molecule has 16 aromatic carbocycles. The number of hydrogen-bond donors (Lipinski definition) is 0. The van der Waals surface area contributed by atoms with Gasteiger partial charge in [0.1, 0.15) is 0 Å². The zero-order valence-electron chi connectivity index (χ0n) is 47.8. The average molecular weight is 1130 g/mol. The summed E-state index contributed by atoms with van der Waals surface area (Å²) in [4.78, 5) is 5.40. The lowest BCUT2D eigenvalue weighted by atomic mass is 9.33. The standard InChI is InChI=1S/C84H51BN2S/c1-5-23-52(24-6-1)56-41-43-76(67(45-56)54-27-9-3-10-28-54)86-78-49-71-64-37-19-15-33-60(64)58-31-13-17-35-62(58)69(71)47-74(78)85-75-48-70-63-36-18-14-32-59(63)61-34-16-20-38-65(61)72(70)50-79(75)87(83-82(85)80(86)51-73-66-39-21-22-40-81(66)88-84(73)83)77-44-42-57(53-25-7-2-8-26-53)46-68(77)55-29-11-4-12-30-55/h1-51H. The second-order valence-corrected chi connectivity index (χ2v) is 24.8. The molecule has 0 amide bonds. The van der Waals surface area contributed by atoms with Crippen molar-refractivity contribution in [3.8, 4) is 44.5 Å². The van der Waals surface area contributed by atoms with Crippen LogP contribution in [0.1, 0.15) is 0 Å². The van der Waals surface area contributed by atoms with Crippen molar-refractivity contribution in [3.63, 3.8) is 0 Å². The van der Waals surface area contributed by atoms with Gasteiger partial charge in [0.05, 0.1) is 21.8 Å². The van der Waals surface area contributed by atoms with Gasteiger partial charge in [0.25, 0.3) is 6.71 Å². The minimum Gasteiger partial charge on any atom is -0.311 e. The molecule has 0 fully saturated rings. The lowest BCUT2D eigenvalue weighted by molar-refractivity contribution is 1.27. The lowest BCUT2D eigenvalue weighted by Gasteiger charge is -2.45. The number of nitrogens with zero attached hydrogens (tertiary/aromatic N) is 2. The first kappa shape index (κ1) is 49.2. The summed E-state index contributed by atoms with van der Waals surface area (Å²) in [5.74, 6) is 0. The molecule has 0 aliphatic carbocycles. The predicted molar refractivity (Wildman–Crippen MR) is 380 cm³/mol. The number of hydrogen-bond acceptors (Lipinski definition) is 3. The van der Waals surface area contributed by atoms with Crippen LogP contribution in [-0.2, 0) is 0 Å². The second kappa shape index (κ2) is 19.2. The van der Waals surface area contributed by atoms with E-state index in [2.05, 4.69) is 319 Å². The van der Waals surface area contributed by atoms with Gasteiger partial charge < -0.3 is 9.80 Å². The van der Waals surface area contributed by atoms with Gasteiger partial charge in [0, 0.05) is 43.7 Å². The lowest BCUT2D eigenvalue weighted by Crippen LogP contribution is -2.61. The van der Waals surface area contributed by atoms with Crippen molar-refractivity contribution in [1.82, 2.24) is 0 Å². The number of benzene rings is 16. The van der Waals surface area contributed by atoms with E-state index in [4.69, 9.17) is 0 Å². The van der Waals surface area contributed by atoms with E-state index in [0.717, 1.165) is 22.5 Å². The summed E-state index contributed by atoms with van der Waals surface area (Å²) in [6.45, 7) is -0.200. The minimum absolute atomic E-state index is 0.200. The van der Waals surface area contributed by atoms with Gasteiger partial charge >= 0.3 is 0 Å². The Morgan fingerprint density at radius 3 is 1.01 bits per heavy atom. The Morgan fingerprint density at radius 1 is 0.227 bits per heavy atom. The van der Waals surface area contributed by atoms with Crippen LogP contribution in [0.5, 0.6) is 0 Å². The quantitative estimate of drug-likeness (QED) is 0.121. The Balaban J connectivity index is 1.03. The predicted octanol–water partition coefficient (Wildman–Crippen LogP) is 21.7. The highest BCUT2D eigenvalue weighted by Crippen LogP contribution is 2.55. The van der Waals surface area contributed by atoms with Crippen LogP contribution in [0.15, 0.2) is 309 Å². The van der Waals surface area contributed by atoms with Crippen molar-refractivity contribution in [2.24, 2.45) is 0 Å². The highest BCUT2D eigenvalue weighted by atomic mass is 32.1. The highest BCUT2D eigenvalue weighted by Gasteiger charge is 2.46. The van der Waals surface area contributed by atoms with E-state index >= 15 is 0 Å². The van der Waals surface area contributed by atoms with Gasteiger partial charge in [-0.2, -0.15) is 0 Å². The van der Waals surface area contributed by atoms with Gasteiger partial charge in [-0.15, -0.1) is 11.3 Å². The first-order valence-electron chi connectivity index (χ1n) is 30.5. The molecule has 4 heteroatoms. The second-order valence-electron chi connectivity index (χ2n) is 23.8. The van der Waals surface area contributed by atoms with Gasteiger partial charge in [-0.3, -0.25) is 0 Å². The summed E-state index contributed by atoms with van der Waals surface area (Å²) in [5, 5.41) is 17.6. The maximum Gasteiger partial charge on any atom is 0.252 e. The molecule has 0 unspecified atom stereocenters. The van der Waals surface area contributed by atoms with E-state index in [9.17, 15) is 0 Å². The Bertz CT molecular complexity index is 5700. The molecule has 0 spiro atoms. The van der Waals surface area contributed by atoms with Crippen molar-refractivity contribution in [1.29, 1.82) is 0 Å². The molecule has 0 atom stereocenters. The summed E-state index contributed by atoms with van der Waals surface area (Å²) in [5.41, 5.74) is 20.3. The van der Waals surface area contributed by atoms with Crippen LogP contribution < -0.4 is 26.2 Å². The maximum atomic E-state index is 2.71. The fourth-order valence-corrected chi connectivity index (χ4v) is 16.5. The molecule has 0 N–H and O–H groups in total. The van der Waals surface area contributed by atoms with Crippen LogP contribution in [0.4, 0.5) is 34.1 Å². The fourth-order valence-electron chi connectivity index (χ4n) is 15.3. The van der Waals surface area contributed by atoms with Crippen molar-refractivity contribution in [2.75, 3.05) is 9.80 Å². The molecule has 17 aromatic rings. The largest absolute Gasteiger partial charge is 0.311 e. The molecule has 2 aliphatic rings. The normalized spacial score (nSPS) is 12.7. The number of anilines is 6. The molecule has 88 heavy (non-hydrogen) atoms. The van der Waals surface area contributed by atoms with Crippen LogP contribution in [0.2, 0.25) is 0 Å². The smallest absolute Gasteiger partial charge is 0.252 e. The summed E-state index contributed by atoms with van der Waals surface area (Å²) in [6.07, 6.45) is 0. The fraction of sp³-hybridized carbons (Fsp3) is 0.